The summed E-state index contributed by atoms with van der Waals surface area (Å²) in [5.41, 5.74) is 0. The fraction of sp³-hybridized carbons (Fsp3) is 0.200. The molecular weight excluding hydrogens is 216 g/mol. The van der Waals surface area contributed by atoms with Crippen LogP contribution in [0, 0.1) is 0 Å². The third kappa shape index (κ3) is 6.52. The first kappa shape index (κ1) is 14.1. The summed E-state index contributed by atoms with van der Waals surface area (Å²) in [6.07, 6.45) is 0.589. The van der Waals surface area contributed by atoms with Crippen molar-refractivity contribution in [2.45, 2.75) is 12.6 Å². The first-order chi connectivity index (χ1) is 7.49. The number of ether oxygens (including phenoxy) is 2. The number of aliphatic hydroxyl groups is 2. The number of rotatable bonds is 6. The van der Waals surface area contributed by atoms with Crippen molar-refractivity contribution in [2.75, 3.05) is 0 Å². The van der Waals surface area contributed by atoms with E-state index in [1.807, 2.05) is 0 Å². The standard InChI is InChI=1S/C10H12O6/c1-3-7(11)15-9(13)5-6-10(14)16-8(12)4-2/h3-8,11-12H,1-2H2/b6-5+. The maximum Gasteiger partial charge on any atom is 0.333 e. The summed E-state index contributed by atoms with van der Waals surface area (Å²) in [6.45, 7) is 6.34. The minimum absolute atomic E-state index is 0.741. The Morgan fingerprint density at radius 2 is 1.25 bits per heavy atom. The van der Waals surface area contributed by atoms with E-state index in [9.17, 15) is 9.59 Å². The van der Waals surface area contributed by atoms with Crippen LogP contribution in [0.5, 0.6) is 0 Å². The lowest BCUT2D eigenvalue weighted by atomic mass is 10.5. The molecule has 0 aliphatic heterocycles. The number of carbonyl (C=O) groups excluding carboxylic acids is 2. The molecule has 2 N–H and O–H groups in total. The van der Waals surface area contributed by atoms with Gasteiger partial charge in [0.2, 0.25) is 12.6 Å². The lowest BCUT2D eigenvalue weighted by Crippen LogP contribution is -2.15. The molecule has 16 heavy (non-hydrogen) atoms. The molecule has 0 heterocycles. The summed E-state index contributed by atoms with van der Waals surface area (Å²) in [5.74, 6) is -1.89. The van der Waals surface area contributed by atoms with Gasteiger partial charge >= 0.3 is 11.9 Å². The van der Waals surface area contributed by atoms with Gasteiger partial charge in [0.1, 0.15) is 0 Å². The fourth-order valence-corrected chi connectivity index (χ4v) is 0.549. The molecule has 0 saturated heterocycles. The molecule has 0 radical (unpaired) electrons. The van der Waals surface area contributed by atoms with Crippen LogP contribution >= 0.6 is 0 Å². The molecule has 0 rings (SSSR count). The van der Waals surface area contributed by atoms with Crippen molar-refractivity contribution in [3.8, 4) is 0 Å². The molecule has 2 unspecified atom stereocenters. The Morgan fingerprint density at radius 1 is 0.938 bits per heavy atom. The number of hydrogen-bond acceptors (Lipinski definition) is 6. The van der Waals surface area contributed by atoms with Crippen LogP contribution in [0.2, 0.25) is 0 Å². The quantitative estimate of drug-likeness (QED) is 0.279. The lowest BCUT2D eigenvalue weighted by molar-refractivity contribution is -0.157. The van der Waals surface area contributed by atoms with Crippen molar-refractivity contribution >= 4 is 11.9 Å². The van der Waals surface area contributed by atoms with Crippen LogP contribution in [-0.4, -0.2) is 34.7 Å². The van der Waals surface area contributed by atoms with Gasteiger partial charge in [0.25, 0.3) is 0 Å². The smallest absolute Gasteiger partial charge is 0.333 e. The maximum atomic E-state index is 10.9. The molecule has 0 aliphatic rings. The van der Waals surface area contributed by atoms with Gasteiger partial charge in [0.05, 0.1) is 0 Å². The van der Waals surface area contributed by atoms with Gasteiger partial charge in [-0.15, -0.1) is 0 Å². The Bertz CT molecular complexity index is 276. The summed E-state index contributed by atoms with van der Waals surface area (Å²) in [5, 5.41) is 17.6. The van der Waals surface area contributed by atoms with Crippen molar-refractivity contribution in [2.24, 2.45) is 0 Å². The Kier molecular flexibility index (Phi) is 6.50. The van der Waals surface area contributed by atoms with E-state index in [-0.39, 0.29) is 0 Å². The van der Waals surface area contributed by atoms with E-state index < -0.39 is 24.5 Å². The van der Waals surface area contributed by atoms with Crippen LogP contribution in [0.1, 0.15) is 0 Å². The number of hydrogen-bond donors (Lipinski definition) is 2. The first-order valence-electron chi connectivity index (χ1n) is 4.20. The summed E-state index contributed by atoms with van der Waals surface area (Å²) < 4.78 is 8.61. The minimum atomic E-state index is -1.44. The Labute approximate surface area is 92.1 Å². The van der Waals surface area contributed by atoms with E-state index in [1.165, 1.54) is 0 Å². The summed E-state index contributed by atoms with van der Waals surface area (Å²) in [4.78, 5) is 21.7. The molecule has 0 fully saturated rings. The second kappa shape index (κ2) is 7.38. The maximum absolute atomic E-state index is 10.9. The Hall–Kier alpha value is -1.92. The summed E-state index contributed by atoms with van der Waals surface area (Å²) in [6, 6.07) is 0. The molecule has 0 aromatic carbocycles. The molecule has 6 nitrogen and oxygen atoms in total. The molecule has 0 bridgehead atoms. The van der Waals surface area contributed by atoms with Crippen LogP contribution in [-0.2, 0) is 19.1 Å². The second-order valence-electron chi connectivity index (χ2n) is 2.46. The molecule has 0 aromatic heterocycles. The predicted octanol–water partition coefficient (Wildman–Crippen LogP) is -0.362. The van der Waals surface area contributed by atoms with Gasteiger partial charge in [0, 0.05) is 12.2 Å². The van der Waals surface area contributed by atoms with Gasteiger partial charge in [-0.2, -0.15) is 0 Å². The average Bonchev–Trinajstić information content (AvgIpc) is 2.26. The highest BCUT2D eigenvalue weighted by molar-refractivity contribution is 5.91. The van der Waals surface area contributed by atoms with Crippen LogP contribution < -0.4 is 0 Å². The van der Waals surface area contributed by atoms with Crippen LogP contribution in [0.4, 0.5) is 0 Å². The van der Waals surface area contributed by atoms with Gasteiger partial charge < -0.3 is 19.7 Å². The number of aliphatic hydroxyl groups excluding tert-OH is 2. The zero-order valence-corrected chi connectivity index (χ0v) is 8.41. The molecule has 2 atom stereocenters. The van der Waals surface area contributed by atoms with E-state index in [0.717, 1.165) is 24.3 Å². The van der Waals surface area contributed by atoms with Gasteiger partial charge in [-0.1, -0.05) is 13.2 Å². The topological polar surface area (TPSA) is 93.1 Å². The number of carbonyl (C=O) groups is 2. The molecule has 0 spiro atoms. The highest BCUT2D eigenvalue weighted by Crippen LogP contribution is 1.93. The van der Waals surface area contributed by atoms with Crippen molar-refractivity contribution in [1.29, 1.82) is 0 Å². The van der Waals surface area contributed by atoms with Crippen molar-refractivity contribution in [3.05, 3.63) is 37.5 Å². The number of esters is 2. The van der Waals surface area contributed by atoms with Gasteiger partial charge in [-0.05, 0) is 12.2 Å². The van der Waals surface area contributed by atoms with Crippen molar-refractivity contribution < 1.29 is 29.3 Å². The monoisotopic (exact) mass is 228 g/mol. The zero-order chi connectivity index (χ0) is 12.6. The largest absolute Gasteiger partial charge is 0.429 e. The molecule has 6 heteroatoms. The van der Waals surface area contributed by atoms with Crippen LogP contribution in [0.25, 0.3) is 0 Å². The molecule has 0 aliphatic carbocycles. The average molecular weight is 228 g/mol. The van der Waals surface area contributed by atoms with E-state index >= 15 is 0 Å². The Balaban J connectivity index is 4.07. The van der Waals surface area contributed by atoms with Gasteiger partial charge in [0.15, 0.2) is 0 Å². The lowest BCUT2D eigenvalue weighted by Gasteiger charge is -2.05. The minimum Gasteiger partial charge on any atom is -0.429 e. The van der Waals surface area contributed by atoms with E-state index in [0.29, 0.717) is 0 Å². The SMILES string of the molecule is C=CC(O)OC(=O)/C=C/C(=O)OC(O)C=C. The summed E-state index contributed by atoms with van der Waals surface area (Å²) in [7, 11) is 0. The third-order valence-electron chi connectivity index (χ3n) is 1.23. The normalized spacial score (nSPS) is 13.9. The molecule has 0 amide bonds. The third-order valence-corrected chi connectivity index (χ3v) is 1.23. The van der Waals surface area contributed by atoms with Crippen molar-refractivity contribution in [3.63, 3.8) is 0 Å². The molecule has 0 aromatic rings. The van der Waals surface area contributed by atoms with Crippen LogP contribution in [0.3, 0.4) is 0 Å². The molecule has 0 saturated carbocycles. The second-order valence-corrected chi connectivity index (χ2v) is 2.46. The van der Waals surface area contributed by atoms with E-state index in [4.69, 9.17) is 10.2 Å². The van der Waals surface area contributed by atoms with Crippen molar-refractivity contribution in [1.82, 2.24) is 0 Å². The van der Waals surface area contributed by atoms with E-state index in [1.54, 1.807) is 0 Å². The molecule has 88 valence electrons. The zero-order valence-electron chi connectivity index (χ0n) is 8.41. The van der Waals surface area contributed by atoms with Gasteiger partial charge in [-0.25, -0.2) is 9.59 Å². The molecular formula is C10H12O6. The predicted molar refractivity (Wildman–Crippen MR) is 53.7 cm³/mol. The highest BCUT2D eigenvalue weighted by Gasteiger charge is 2.06. The fourth-order valence-electron chi connectivity index (χ4n) is 0.549. The van der Waals surface area contributed by atoms with Gasteiger partial charge in [-0.3, -0.25) is 0 Å². The summed E-state index contributed by atoms with van der Waals surface area (Å²) >= 11 is 0. The Morgan fingerprint density at radius 3 is 1.50 bits per heavy atom. The van der Waals surface area contributed by atoms with Crippen LogP contribution in [0.15, 0.2) is 37.5 Å². The highest BCUT2D eigenvalue weighted by atomic mass is 16.6. The first-order valence-corrected chi connectivity index (χ1v) is 4.20. The van der Waals surface area contributed by atoms with E-state index in [2.05, 4.69) is 22.6 Å².